The smallest absolute Gasteiger partial charge is 0.264 e. The van der Waals surface area contributed by atoms with Crippen molar-refractivity contribution < 1.29 is 18.0 Å². The molecule has 10 heteroatoms. The summed E-state index contributed by atoms with van der Waals surface area (Å²) in [6, 6.07) is 2.71. The van der Waals surface area contributed by atoms with Gasteiger partial charge in [-0.15, -0.1) is 0 Å². The van der Waals surface area contributed by atoms with Gasteiger partial charge in [-0.1, -0.05) is 11.6 Å². The molecule has 8 nitrogen and oxygen atoms in total. The first-order chi connectivity index (χ1) is 16.1. The average Bonchev–Trinajstić information content (AvgIpc) is 3.43. The highest BCUT2D eigenvalue weighted by molar-refractivity contribution is 7.89. The summed E-state index contributed by atoms with van der Waals surface area (Å²) in [7, 11) is -4.07. The standard InChI is InChI=1S/C24H31ClN4O4S/c1-16-12-21(17(2)11-19(16)25)34(32,33)29-10-7-26-23(31)20(29)13-22(30)28-9-6-24(15-28)5-8-27(14-24)18-3-4-18/h7,10-12,18,20H,3-6,8-9,13-15H2,1-2H3,(H,26,31)/t20-,24?/m1/s1. The number of hydrogen-bond acceptors (Lipinski definition) is 5. The van der Waals surface area contributed by atoms with Gasteiger partial charge >= 0.3 is 0 Å². The molecule has 1 saturated carbocycles. The molecular formula is C24H31ClN4O4S. The number of carbonyl (C=O) groups is 2. The van der Waals surface area contributed by atoms with Crippen molar-refractivity contribution in [2.75, 3.05) is 26.2 Å². The molecule has 3 heterocycles. The molecule has 3 aliphatic heterocycles. The molecule has 184 valence electrons. The number of halogens is 1. The molecule has 2 saturated heterocycles. The third kappa shape index (κ3) is 4.22. The Bertz CT molecular complexity index is 1170. The van der Waals surface area contributed by atoms with E-state index in [2.05, 4.69) is 10.2 Å². The SMILES string of the molecule is Cc1cc(S(=O)(=O)N2C=CNC(=O)[C@H]2CC(=O)N2CCC3(CCN(C4CC4)C3)C2)c(C)cc1Cl. The number of aryl methyl sites for hydroxylation is 2. The molecule has 1 spiro atoms. The van der Waals surface area contributed by atoms with E-state index in [0.29, 0.717) is 29.2 Å². The molecule has 5 rings (SSSR count). The quantitative estimate of drug-likeness (QED) is 0.662. The average molecular weight is 507 g/mol. The molecule has 0 aromatic heterocycles. The molecule has 1 N–H and O–H groups in total. The highest BCUT2D eigenvalue weighted by Gasteiger charge is 2.48. The van der Waals surface area contributed by atoms with Crippen LogP contribution < -0.4 is 5.32 Å². The Morgan fingerprint density at radius 2 is 1.88 bits per heavy atom. The molecule has 1 aromatic carbocycles. The Balaban J connectivity index is 1.33. The van der Waals surface area contributed by atoms with Crippen LogP contribution >= 0.6 is 11.6 Å². The fraction of sp³-hybridized carbons (Fsp3) is 0.583. The van der Waals surface area contributed by atoms with Crippen molar-refractivity contribution in [1.82, 2.24) is 19.4 Å². The maximum absolute atomic E-state index is 13.6. The highest BCUT2D eigenvalue weighted by Crippen LogP contribution is 2.43. The summed E-state index contributed by atoms with van der Waals surface area (Å²) < 4.78 is 28.1. The molecule has 2 atom stereocenters. The Kier molecular flexibility index (Phi) is 5.93. The Hall–Kier alpha value is -2.10. The van der Waals surface area contributed by atoms with Gasteiger partial charge in [-0.2, -0.15) is 0 Å². The van der Waals surface area contributed by atoms with Crippen LogP contribution in [0.4, 0.5) is 0 Å². The molecule has 0 radical (unpaired) electrons. The largest absolute Gasteiger partial charge is 0.342 e. The Labute approximate surface area is 206 Å². The van der Waals surface area contributed by atoms with Crippen LogP contribution in [0.3, 0.4) is 0 Å². The van der Waals surface area contributed by atoms with Gasteiger partial charge in [0.2, 0.25) is 11.8 Å². The van der Waals surface area contributed by atoms with Crippen LogP contribution in [0.25, 0.3) is 0 Å². The van der Waals surface area contributed by atoms with Crippen LogP contribution in [0.1, 0.15) is 43.2 Å². The zero-order chi connectivity index (χ0) is 24.3. The lowest BCUT2D eigenvalue weighted by Gasteiger charge is -2.33. The number of sulfonamides is 1. The minimum atomic E-state index is -4.07. The van der Waals surface area contributed by atoms with Crippen molar-refractivity contribution in [1.29, 1.82) is 0 Å². The van der Waals surface area contributed by atoms with Crippen LogP contribution in [0.15, 0.2) is 29.4 Å². The van der Waals surface area contributed by atoms with Gasteiger partial charge in [-0.25, -0.2) is 8.42 Å². The first-order valence-corrected chi connectivity index (χ1v) is 13.7. The summed E-state index contributed by atoms with van der Waals surface area (Å²) in [6.45, 7) is 6.86. The first-order valence-electron chi connectivity index (χ1n) is 11.9. The van der Waals surface area contributed by atoms with Crippen molar-refractivity contribution in [3.05, 3.63) is 40.7 Å². The fourth-order valence-corrected chi connectivity index (χ4v) is 7.54. The first kappa shape index (κ1) is 23.6. The van der Waals surface area contributed by atoms with Crippen molar-refractivity contribution >= 4 is 33.4 Å². The van der Waals surface area contributed by atoms with Crippen LogP contribution in [-0.2, 0) is 19.6 Å². The lowest BCUT2D eigenvalue weighted by molar-refractivity contribution is -0.135. The summed E-state index contributed by atoms with van der Waals surface area (Å²) in [4.78, 5) is 30.5. The second kappa shape index (κ2) is 8.53. The zero-order valence-electron chi connectivity index (χ0n) is 19.6. The van der Waals surface area contributed by atoms with Gasteiger partial charge in [0.15, 0.2) is 0 Å². The van der Waals surface area contributed by atoms with Crippen molar-refractivity contribution in [2.24, 2.45) is 5.41 Å². The number of rotatable bonds is 5. The molecule has 3 fully saturated rings. The summed E-state index contributed by atoms with van der Waals surface area (Å²) >= 11 is 6.16. The predicted molar refractivity (Wildman–Crippen MR) is 128 cm³/mol. The van der Waals surface area contributed by atoms with E-state index in [0.717, 1.165) is 36.3 Å². The highest BCUT2D eigenvalue weighted by atomic mass is 35.5. The number of benzene rings is 1. The monoisotopic (exact) mass is 506 g/mol. The summed E-state index contributed by atoms with van der Waals surface area (Å²) in [5, 5.41) is 3.04. The topological polar surface area (TPSA) is 90.0 Å². The van der Waals surface area contributed by atoms with Crippen LogP contribution in [0.5, 0.6) is 0 Å². The molecule has 0 bridgehead atoms. The summed E-state index contributed by atoms with van der Waals surface area (Å²) in [5.74, 6) is -0.682. The second-order valence-electron chi connectivity index (χ2n) is 10.3. The minimum absolute atomic E-state index is 0.0810. The van der Waals surface area contributed by atoms with Crippen LogP contribution in [0, 0.1) is 19.3 Å². The Morgan fingerprint density at radius 3 is 2.62 bits per heavy atom. The van der Waals surface area contributed by atoms with Gasteiger partial charge < -0.3 is 10.2 Å². The van der Waals surface area contributed by atoms with E-state index in [1.807, 2.05) is 4.90 Å². The molecule has 34 heavy (non-hydrogen) atoms. The maximum Gasteiger partial charge on any atom is 0.264 e. The zero-order valence-corrected chi connectivity index (χ0v) is 21.2. The fourth-order valence-electron chi connectivity index (χ4n) is 5.58. The van der Waals surface area contributed by atoms with Gasteiger partial charge in [0.1, 0.15) is 6.04 Å². The number of likely N-dealkylation sites (tertiary alicyclic amines) is 2. The number of hydrogen-bond donors (Lipinski definition) is 1. The van der Waals surface area contributed by atoms with Crippen molar-refractivity contribution in [2.45, 2.75) is 62.9 Å². The van der Waals surface area contributed by atoms with Gasteiger partial charge in [0.25, 0.3) is 10.0 Å². The van der Waals surface area contributed by atoms with Gasteiger partial charge in [0, 0.05) is 48.5 Å². The van der Waals surface area contributed by atoms with E-state index >= 15 is 0 Å². The summed E-state index contributed by atoms with van der Waals surface area (Å²) in [5.41, 5.74) is 1.25. The van der Waals surface area contributed by atoms with Crippen molar-refractivity contribution in [3.8, 4) is 0 Å². The number of nitrogens with one attached hydrogen (secondary N) is 1. The molecule has 1 aliphatic carbocycles. The third-order valence-corrected chi connectivity index (χ3v) is 10.1. The van der Waals surface area contributed by atoms with E-state index in [-0.39, 0.29) is 22.6 Å². The van der Waals surface area contributed by atoms with Gasteiger partial charge in [0.05, 0.1) is 11.3 Å². The molecule has 4 aliphatic rings. The van der Waals surface area contributed by atoms with Crippen LogP contribution in [0.2, 0.25) is 5.02 Å². The summed E-state index contributed by atoms with van der Waals surface area (Å²) in [6.07, 6.45) is 7.05. The Morgan fingerprint density at radius 1 is 1.15 bits per heavy atom. The molecule has 1 aromatic rings. The maximum atomic E-state index is 13.6. The van der Waals surface area contributed by atoms with E-state index in [1.165, 1.54) is 31.3 Å². The van der Waals surface area contributed by atoms with Crippen molar-refractivity contribution in [3.63, 3.8) is 0 Å². The van der Waals surface area contributed by atoms with Gasteiger partial charge in [-0.3, -0.25) is 18.8 Å². The molecule has 1 unspecified atom stereocenters. The second-order valence-corrected chi connectivity index (χ2v) is 12.5. The van der Waals surface area contributed by atoms with E-state index in [1.54, 1.807) is 19.9 Å². The number of nitrogens with zero attached hydrogens (tertiary/aromatic N) is 3. The van der Waals surface area contributed by atoms with E-state index < -0.39 is 22.0 Å². The van der Waals surface area contributed by atoms with E-state index in [4.69, 9.17) is 11.6 Å². The predicted octanol–water partition coefficient (Wildman–Crippen LogP) is 2.39. The molecular weight excluding hydrogens is 476 g/mol. The van der Waals surface area contributed by atoms with Gasteiger partial charge in [-0.05, 0) is 69.3 Å². The van der Waals surface area contributed by atoms with E-state index in [9.17, 15) is 18.0 Å². The number of amides is 2. The normalized spacial score (nSPS) is 27.6. The lowest BCUT2D eigenvalue weighted by Crippen LogP contribution is -2.51. The van der Waals surface area contributed by atoms with Crippen LogP contribution in [-0.4, -0.2) is 72.6 Å². The molecule has 2 amide bonds. The number of carbonyl (C=O) groups excluding carboxylic acids is 2. The minimum Gasteiger partial charge on any atom is -0.342 e. The lowest BCUT2D eigenvalue weighted by atomic mass is 9.86. The third-order valence-electron chi connectivity index (χ3n) is 7.76.